The third-order valence-electron chi connectivity index (χ3n) is 3.41. The fraction of sp³-hybridized carbons (Fsp3) is 0.250. The van der Waals surface area contributed by atoms with Gasteiger partial charge in [-0.25, -0.2) is 9.18 Å². The highest BCUT2D eigenvalue weighted by atomic mass is 32.1. The fourth-order valence-corrected chi connectivity index (χ4v) is 2.85. The van der Waals surface area contributed by atoms with Crippen molar-refractivity contribution < 1.29 is 19.1 Å². The van der Waals surface area contributed by atoms with E-state index in [0.717, 1.165) is 4.88 Å². The van der Waals surface area contributed by atoms with Crippen molar-refractivity contribution >= 4 is 23.2 Å². The Morgan fingerprint density at radius 3 is 2.59 bits per heavy atom. The van der Waals surface area contributed by atoms with E-state index < -0.39 is 23.7 Å². The molecule has 0 saturated carbocycles. The second kappa shape index (κ2) is 6.70. The molecule has 0 bridgehead atoms. The minimum Gasteiger partial charge on any atom is -0.479 e. The van der Waals surface area contributed by atoms with Crippen molar-refractivity contribution in [1.29, 1.82) is 0 Å². The number of hydrogen-bond donors (Lipinski definition) is 2. The molecule has 1 aromatic heterocycles. The lowest BCUT2D eigenvalue weighted by atomic mass is 10.0. The molecule has 1 heterocycles. The first kappa shape index (κ1) is 16.2. The number of nitrogens with one attached hydrogen (secondary N) is 1. The van der Waals surface area contributed by atoms with Crippen LogP contribution in [-0.4, -0.2) is 17.0 Å². The van der Waals surface area contributed by atoms with E-state index in [0.29, 0.717) is 11.1 Å². The van der Waals surface area contributed by atoms with Crippen molar-refractivity contribution in [2.75, 3.05) is 0 Å². The highest BCUT2D eigenvalue weighted by Gasteiger charge is 2.26. The van der Waals surface area contributed by atoms with E-state index in [1.165, 1.54) is 29.5 Å². The number of carboxylic acid groups (broad SMARTS) is 1. The summed E-state index contributed by atoms with van der Waals surface area (Å²) in [6, 6.07) is 6.47. The largest absolute Gasteiger partial charge is 0.479 e. The van der Waals surface area contributed by atoms with Crippen LogP contribution in [0.15, 0.2) is 35.7 Å². The Balaban J connectivity index is 2.20. The van der Waals surface area contributed by atoms with Crippen LogP contribution in [0.2, 0.25) is 0 Å². The summed E-state index contributed by atoms with van der Waals surface area (Å²) in [5.41, 5.74) is 0.683. The molecule has 22 heavy (non-hydrogen) atoms. The standard InChI is InChI=1S/C16H16FNO3S/c1-9-8-11(5-6-12(9)17)14(16(20)21)18-15(19)10(2)13-4-3-7-22-13/h3-8,10,14H,1-2H3,(H,18,19)(H,20,21). The van der Waals surface area contributed by atoms with Crippen LogP contribution in [-0.2, 0) is 9.59 Å². The predicted octanol–water partition coefficient (Wildman–Crippen LogP) is 3.24. The molecule has 2 rings (SSSR count). The van der Waals surface area contributed by atoms with Gasteiger partial charge in [-0.2, -0.15) is 0 Å². The van der Waals surface area contributed by atoms with Gasteiger partial charge in [0.05, 0.1) is 5.92 Å². The molecule has 2 unspecified atom stereocenters. The van der Waals surface area contributed by atoms with E-state index in [1.807, 2.05) is 17.5 Å². The zero-order chi connectivity index (χ0) is 16.3. The monoisotopic (exact) mass is 321 g/mol. The first-order chi connectivity index (χ1) is 10.4. The summed E-state index contributed by atoms with van der Waals surface area (Å²) in [7, 11) is 0. The topological polar surface area (TPSA) is 66.4 Å². The number of thiophene rings is 1. The zero-order valence-electron chi connectivity index (χ0n) is 12.2. The van der Waals surface area contributed by atoms with Gasteiger partial charge in [-0.3, -0.25) is 4.79 Å². The number of benzene rings is 1. The number of rotatable bonds is 5. The minimum atomic E-state index is -1.20. The van der Waals surface area contributed by atoms with Crippen molar-refractivity contribution in [3.63, 3.8) is 0 Å². The molecule has 2 N–H and O–H groups in total. The highest BCUT2D eigenvalue weighted by Crippen LogP contribution is 2.23. The molecule has 2 aromatic rings. The molecule has 0 aliphatic heterocycles. The fourth-order valence-electron chi connectivity index (χ4n) is 2.07. The van der Waals surface area contributed by atoms with Crippen molar-refractivity contribution in [3.8, 4) is 0 Å². The van der Waals surface area contributed by atoms with Crippen LogP contribution < -0.4 is 5.32 Å². The molecule has 116 valence electrons. The zero-order valence-corrected chi connectivity index (χ0v) is 13.0. The number of aryl methyl sites for hydroxylation is 1. The molecule has 0 fully saturated rings. The summed E-state index contributed by atoms with van der Waals surface area (Å²) in [5, 5.41) is 13.7. The summed E-state index contributed by atoms with van der Waals surface area (Å²) in [5.74, 6) is -2.41. The van der Waals surface area contributed by atoms with Gasteiger partial charge in [0.25, 0.3) is 0 Å². The van der Waals surface area contributed by atoms with E-state index in [-0.39, 0.29) is 5.91 Å². The van der Waals surface area contributed by atoms with Crippen molar-refractivity contribution in [2.24, 2.45) is 0 Å². The molecule has 0 saturated heterocycles. The van der Waals surface area contributed by atoms with Gasteiger partial charge in [-0.1, -0.05) is 18.2 Å². The van der Waals surface area contributed by atoms with Crippen LogP contribution in [0.5, 0.6) is 0 Å². The Morgan fingerprint density at radius 1 is 1.32 bits per heavy atom. The van der Waals surface area contributed by atoms with Crippen LogP contribution in [0.4, 0.5) is 4.39 Å². The molecule has 4 nitrogen and oxygen atoms in total. The summed E-state index contributed by atoms with van der Waals surface area (Å²) in [6.07, 6.45) is 0. The third kappa shape index (κ3) is 3.51. The lowest BCUT2D eigenvalue weighted by Crippen LogP contribution is -2.36. The molecule has 0 aliphatic rings. The molecular weight excluding hydrogens is 305 g/mol. The van der Waals surface area contributed by atoms with E-state index in [2.05, 4.69) is 5.32 Å². The normalized spacial score (nSPS) is 13.4. The minimum absolute atomic E-state index is 0.337. The van der Waals surface area contributed by atoms with E-state index in [4.69, 9.17) is 0 Å². The van der Waals surface area contributed by atoms with Crippen molar-refractivity contribution in [1.82, 2.24) is 5.32 Å². The average Bonchev–Trinajstić information content (AvgIpc) is 3.00. The maximum absolute atomic E-state index is 13.3. The first-order valence-corrected chi connectivity index (χ1v) is 7.60. The van der Waals surface area contributed by atoms with E-state index in [9.17, 15) is 19.1 Å². The molecule has 1 aromatic carbocycles. The first-order valence-electron chi connectivity index (χ1n) is 6.72. The summed E-state index contributed by atoms with van der Waals surface area (Å²) in [4.78, 5) is 24.5. The molecule has 1 amide bonds. The average molecular weight is 321 g/mol. The van der Waals surface area contributed by atoms with Gasteiger partial charge in [0.15, 0.2) is 6.04 Å². The molecule has 6 heteroatoms. The van der Waals surface area contributed by atoms with Gasteiger partial charge in [0.2, 0.25) is 5.91 Å². The van der Waals surface area contributed by atoms with E-state index >= 15 is 0 Å². The van der Waals surface area contributed by atoms with Gasteiger partial charge >= 0.3 is 5.97 Å². The molecule has 0 radical (unpaired) electrons. The van der Waals surface area contributed by atoms with Gasteiger partial charge in [0.1, 0.15) is 5.82 Å². The van der Waals surface area contributed by atoms with Gasteiger partial charge in [-0.15, -0.1) is 11.3 Å². The quantitative estimate of drug-likeness (QED) is 0.888. The Kier molecular flexibility index (Phi) is 4.92. The number of carboxylic acids is 1. The number of carbonyl (C=O) groups excluding carboxylic acids is 1. The molecule has 0 aliphatic carbocycles. The molecule has 0 spiro atoms. The second-order valence-corrected chi connectivity index (χ2v) is 6.00. The van der Waals surface area contributed by atoms with Gasteiger partial charge in [-0.05, 0) is 42.5 Å². The third-order valence-corrected chi connectivity index (χ3v) is 4.47. The number of amides is 1. The smallest absolute Gasteiger partial charge is 0.330 e. The number of aliphatic carboxylic acids is 1. The van der Waals surface area contributed by atoms with E-state index in [1.54, 1.807) is 13.8 Å². The van der Waals surface area contributed by atoms with Crippen LogP contribution in [0.25, 0.3) is 0 Å². The van der Waals surface area contributed by atoms with Crippen LogP contribution in [0.1, 0.15) is 34.9 Å². The van der Waals surface area contributed by atoms with Crippen molar-refractivity contribution in [2.45, 2.75) is 25.8 Å². The SMILES string of the molecule is Cc1cc(C(NC(=O)C(C)c2cccs2)C(=O)O)ccc1F. The summed E-state index contributed by atoms with van der Waals surface area (Å²) in [6.45, 7) is 3.27. The molecular formula is C16H16FNO3S. The van der Waals surface area contributed by atoms with Crippen LogP contribution in [0, 0.1) is 12.7 Å². The number of hydrogen-bond acceptors (Lipinski definition) is 3. The lowest BCUT2D eigenvalue weighted by Gasteiger charge is -2.18. The Labute approximate surface area is 131 Å². The van der Waals surface area contributed by atoms with Crippen LogP contribution in [0.3, 0.4) is 0 Å². The van der Waals surface area contributed by atoms with Crippen molar-refractivity contribution in [3.05, 3.63) is 57.5 Å². The molecule has 2 atom stereocenters. The Morgan fingerprint density at radius 2 is 2.05 bits per heavy atom. The Hall–Kier alpha value is -2.21. The Bertz CT molecular complexity index is 685. The maximum Gasteiger partial charge on any atom is 0.330 e. The second-order valence-electron chi connectivity index (χ2n) is 5.03. The summed E-state index contributed by atoms with van der Waals surface area (Å²) < 4.78 is 13.3. The van der Waals surface area contributed by atoms with Gasteiger partial charge in [0, 0.05) is 4.88 Å². The predicted molar refractivity (Wildman–Crippen MR) is 82.4 cm³/mol. The van der Waals surface area contributed by atoms with Gasteiger partial charge < -0.3 is 10.4 Å². The number of halogens is 1. The van der Waals surface area contributed by atoms with Crippen LogP contribution >= 0.6 is 11.3 Å². The maximum atomic E-state index is 13.3. The summed E-state index contributed by atoms with van der Waals surface area (Å²) >= 11 is 1.44. The number of carbonyl (C=O) groups is 2. The lowest BCUT2D eigenvalue weighted by molar-refractivity contribution is -0.142. The highest BCUT2D eigenvalue weighted by molar-refractivity contribution is 7.10.